The Labute approximate surface area is 174 Å². The number of rotatable bonds is 5. The van der Waals surface area contributed by atoms with Crippen LogP contribution in [0.15, 0.2) is 65.8 Å². The van der Waals surface area contributed by atoms with Crippen LogP contribution in [0.2, 0.25) is 5.02 Å². The zero-order chi connectivity index (χ0) is 20.4. The highest BCUT2D eigenvalue weighted by atomic mass is 35.5. The van der Waals surface area contributed by atoms with E-state index in [-0.39, 0.29) is 9.92 Å². The van der Waals surface area contributed by atoms with Crippen molar-refractivity contribution in [2.75, 3.05) is 13.1 Å². The molecule has 0 unspecified atom stereocenters. The van der Waals surface area contributed by atoms with Crippen LogP contribution in [0.1, 0.15) is 12.8 Å². The molecule has 1 saturated heterocycles. The smallest absolute Gasteiger partial charge is 0.243 e. The minimum Gasteiger partial charge on any atom is -0.331 e. The van der Waals surface area contributed by atoms with Crippen LogP contribution in [0, 0.1) is 11.7 Å². The highest BCUT2D eigenvalue weighted by Crippen LogP contribution is 2.28. The van der Waals surface area contributed by atoms with Gasteiger partial charge in [-0.2, -0.15) is 4.31 Å². The van der Waals surface area contributed by atoms with Crippen LogP contribution >= 0.6 is 11.6 Å². The van der Waals surface area contributed by atoms with Gasteiger partial charge in [0.05, 0.1) is 9.92 Å². The van der Waals surface area contributed by atoms with E-state index < -0.39 is 15.8 Å². The first-order valence-electron chi connectivity index (χ1n) is 9.47. The largest absolute Gasteiger partial charge is 0.331 e. The van der Waals surface area contributed by atoms with Gasteiger partial charge in [-0.3, -0.25) is 0 Å². The lowest BCUT2D eigenvalue weighted by molar-refractivity contribution is 0.253. The molecule has 0 N–H and O–H groups in total. The maximum Gasteiger partial charge on any atom is 0.243 e. The van der Waals surface area contributed by atoms with Crippen molar-refractivity contribution in [3.63, 3.8) is 0 Å². The number of sulfonamides is 1. The van der Waals surface area contributed by atoms with Gasteiger partial charge in [0.25, 0.3) is 0 Å². The van der Waals surface area contributed by atoms with Crippen molar-refractivity contribution in [2.45, 2.75) is 24.3 Å². The molecule has 1 aliphatic heterocycles. The van der Waals surface area contributed by atoms with Crippen molar-refractivity contribution in [1.82, 2.24) is 13.9 Å². The molecule has 2 heterocycles. The van der Waals surface area contributed by atoms with E-state index in [2.05, 4.69) is 9.55 Å². The Hall–Kier alpha value is -2.22. The van der Waals surface area contributed by atoms with Crippen LogP contribution in [0.3, 0.4) is 0 Å². The lowest BCUT2D eigenvalue weighted by Gasteiger charge is -2.31. The van der Waals surface area contributed by atoms with Gasteiger partial charge in [-0.05, 0) is 37.0 Å². The minimum absolute atomic E-state index is 0.0309. The zero-order valence-electron chi connectivity index (χ0n) is 15.7. The summed E-state index contributed by atoms with van der Waals surface area (Å²) in [4.78, 5) is 4.51. The van der Waals surface area contributed by atoms with Crippen LogP contribution in [-0.4, -0.2) is 35.4 Å². The molecule has 29 heavy (non-hydrogen) atoms. The van der Waals surface area contributed by atoms with Crippen LogP contribution < -0.4 is 0 Å². The standard InChI is InChI=1S/C21H21ClFN3O2S/c22-19-14-18(6-7-20(19)23)29(27,28)26-11-8-16(9-12-26)15-25-13-10-24-21(25)17-4-2-1-3-5-17/h1-7,10,13-14,16H,8-9,11-12,15H2. The highest BCUT2D eigenvalue weighted by Gasteiger charge is 2.30. The number of benzene rings is 2. The number of nitrogens with zero attached hydrogens (tertiary/aromatic N) is 3. The third-order valence-electron chi connectivity index (χ3n) is 5.30. The van der Waals surface area contributed by atoms with E-state index in [0.717, 1.165) is 36.8 Å². The predicted molar refractivity (Wildman–Crippen MR) is 111 cm³/mol. The molecule has 0 bridgehead atoms. The Morgan fingerprint density at radius 1 is 1.10 bits per heavy atom. The van der Waals surface area contributed by atoms with E-state index in [1.165, 1.54) is 16.4 Å². The van der Waals surface area contributed by atoms with Crippen molar-refractivity contribution in [3.8, 4) is 11.4 Å². The molecule has 8 heteroatoms. The summed E-state index contributed by atoms with van der Waals surface area (Å²) in [5, 5.41) is -0.186. The summed E-state index contributed by atoms with van der Waals surface area (Å²) in [6, 6.07) is 13.5. The molecule has 1 aliphatic rings. The van der Waals surface area contributed by atoms with Crippen LogP contribution in [-0.2, 0) is 16.6 Å². The summed E-state index contributed by atoms with van der Waals surface area (Å²) < 4.78 is 42.6. The molecule has 0 atom stereocenters. The second-order valence-corrected chi connectivity index (χ2v) is 9.54. The summed E-state index contributed by atoms with van der Waals surface area (Å²) in [7, 11) is -3.67. The molecule has 0 saturated carbocycles. The van der Waals surface area contributed by atoms with E-state index in [0.29, 0.717) is 19.0 Å². The molecule has 0 aliphatic carbocycles. The fraction of sp³-hybridized carbons (Fsp3) is 0.286. The number of hydrogen-bond acceptors (Lipinski definition) is 3. The lowest BCUT2D eigenvalue weighted by Crippen LogP contribution is -2.39. The number of imidazole rings is 1. The van der Waals surface area contributed by atoms with E-state index in [4.69, 9.17) is 11.6 Å². The van der Waals surface area contributed by atoms with Gasteiger partial charge in [0.2, 0.25) is 10.0 Å². The number of aromatic nitrogens is 2. The van der Waals surface area contributed by atoms with Crippen LogP contribution in [0.25, 0.3) is 11.4 Å². The monoisotopic (exact) mass is 433 g/mol. The highest BCUT2D eigenvalue weighted by molar-refractivity contribution is 7.89. The van der Waals surface area contributed by atoms with Gasteiger partial charge in [-0.25, -0.2) is 17.8 Å². The maximum absolute atomic E-state index is 13.4. The normalized spacial score (nSPS) is 16.2. The zero-order valence-corrected chi connectivity index (χ0v) is 17.3. The Morgan fingerprint density at radius 2 is 1.83 bits per heavy atom. The van der Waals surface area contributed by atoms with Crippen molar-refractivity contribution < 1.29 is 12.8 Å². The molecule has 1 aromatic heterocycles. The summed E-state index contributed by atoms with van der Waals surface area (Å²) in [6.45, 7) is 1.65. The van der Waals surface area contributed by atoms with E-state index in [9.17, 15) is 12.8 Å². The van der Waals surface area contributed by atoms with E-state index in [1.807, 2.05) is 36.5 Å². The van der Waals surface area contributed by atoms with Gasteiger partial charge in [0.15, 0.2) is 0 Å². The van der Waals surface area contributed by atoms with Crippen LogP contribution in [0.4, 0.5) is 4.39 Å². The molecule has 152 valence electrons. The average Bonchev–Trinajstić information content (AvgIpc) is 3.19. The van der Waals surface area contributed by atoms with Gasteiger partial charge in [-0.1, -0.05) is 41.9 Å². The summed E-state index contributed by atoms with van der Waals surface area (Å²) in [6.07, 6.45) is 5.26. The third-order valence-corrected chi connectivity index (χ3v) is 7.49. The minimum atomic E-state index is -3.67. The molecule has 2 aromatic carbocycles. The van der Waals surface area contributed by atoms with Crippen molar-refractivity contribution in [1.29, 1.82) is 0 Å². The molecule has 1 fully saturated rings. The average molecular weight is 434 g/mol. The van der Waals surface area contributed by atoms with Gasteiger partial charge in [-0.15, -0.1) is 0 Å². The number of hydrogen-bond donors (Lipinski definition) is 0. The lowest BCUT2D eigenvalue weighted by atomic mass is 9.98. The fourth-order valence-corrected chi connectivity index (χ4v) is 5.44. The van der Waals surface area contributed by atoms with Crippen molar-refractivity contribution in [3.05, 3.63) is 71.8 Å². The van der Waals surface area contributed by atoms with E-state index >= 15 is 0 Å². The number of piperidine rings is 1. The van der Waals surface area contributed by atoms with Crippen molar-refractivity contribution >= 4 is 21.6 Å². The number of halogens is 2. The van der Waals surface area contributed by atoms with Crippen LogP contribution in [0.5, 0.6) is 0 Å². The van der Waals surface area contributed by atoms with Gasteiger partial charge >= 0.3 is 0 Å². The van der Waals surface area contributed by atoms with Crippen molar-refractivity contribution in [2.24, 2.45) is 5.92 Å². The quantitative estimate of drug-likeness (QED) is 0.597. The van der Waals surface area contributed by atoms with Gasteiger partial charge < -0.3 is 4.57 Å². The first-order chi connectivity index (χ1) is 13.9. The Morgan fingerprint density at radius 3 is 2.52 bits per heavy atom. The first kappa shape index (κ1) is 20.1. The second-order valence-electron chi connectivity index (χ2n) is 7.19. The molecule has 5 nitrogen and oxygen atoms in total. The molecule has 4 rings (SSSR count). The summed E-state index contributed by atoms with van der Waals surface area (Å²) in [5.41, 5.74) is 1.06. The Balaban J connectivity index is 1.43. The molecular formula is C21H21ClFN3O2S. The molecule has 0 radical (unpaired) electrons. The topological polar surface area (TPSA) is 55.2 Å². The molecular weight excluding hydrogens is 413 g/mol. The molecule has 0 amide bonds. The maximum atomic E-state index is 13.4. The fourth-order valence-electron chi connectivity index (χ4n) is 3.70. The molecule has 0 spiro atoms. The van der Waals surface area contributed by atoms with Gasteiger partial charge in [0, 0.05) is 37.6 Å². The van der Waals surface area contributed by atoms with E-state index in [1.54, 1.807) is 6.20 Å². The molecule has 3 aromatic rings. The summed E-state index contributed by atoms with van der Waals surface area (Å²) >= 11 is 5.76. The summed E-state index contributed by atoms with van der Waals surface area (Å²) in [5.74, 6) is 0.649. The Kier molecular flexibility index (Phi) is 5.72. The van der Waals surface area contributed by atoms with Gasteiger partial charge in [0.1, 0.15) is 11.6 Å². The SMILES string of the molecule is O=S(=O)(c1ccc(F)c(Cl)c1)N1CCC(Cn2ccnc2-c2ccccc2)CC1. The first-order valence-corrected chi connectivity index (χ1v) is 11.3. The second kappa shape index (κ2) is 8.26. The third kappa shape index (κ3) is 4.22. The Bertz CT molecular complexity index is 1090. The predicted octanol–water partition coefficient (Wildman–Crippen LogP) is 4.44.